The maximum Gasteiger partial charge on any atom is 0.488 e. The maximum atomic E-state index is 9.21. The Morgan fingerprint density at radius 3 is 1.43 bits per heavy atom. The van der Waals surface area contributed by atoms with Crippen molar-refractivity contribution in [2.24, 2.45) is 0 Å². The Kier molecular flexibility index (Phi) is 5.82. The molecule has 118 valence electrons. The lowest BCUT2D eigenvalue weighted by molar-refractivity contribution is 0.404. The van der Waals surface area contributed by atoms with Crippen LogP contribution in [-0.2, 0) is 8.23 Å². The SMILES string of the molecule is C[Si](C)(C)O[Si](C)(O[Si](C)(C)C)c1ccc(B(O)O)cc1. The second-order valence-corrected chi connectivity index (χ2v) is 19.9. The second-order valence-electron chi connectivity index (χ2n) is 7.37. The van der Waals surface area contributed by atoms with Crippen molar-refractivity contribution in [2.75, 3.05) is 0 Å². The van der Waals surface area contributed by atoms with Crippen molar-refractivity contribution in [1.29, 1.82) is 0 Å². The van der Waals surface area contributed by atoms with E-state index in [2.05, 4.69) is 45.8 Å². The first-order chi connectivity index (χ1) is 9.32. The molecule has 8 heteroatoms. The van der Waals surface area contributed by atoms with Gasteiger partial charge in [-0.2, -0.15) is 0 Å². The summed E-state index contributed by atoms with van der Waals surface area (Å²) in [6.07, 6.45) is 0. The highest BCUT2D eigenvalue weighted by molar-refractivity contribution is 6.94. The van der Waals surface area contributed by atoms with E-state index in [0.29, 0.717) is 5.46 Å². The van der Waals surface area contributed by atoms with Gasteiger partial charge in [0.1, 0.15) is 0 Å². The van der Waals surface area contributed by atoms with Crippen LogP contribution in [0.25, 0.3) is 0 Å². The van der Waals surface area contributed by atoms with Crippen LogP contribution in [-0.4, -0.2) is 42.4 Å². The van der Waals surface area contributed by atoms with E-state index in [1.807, 2.05) is 12.1 Å². The van der Waals surface area contributed by atoms with Crippen LogP contribution in [0.15, 0.2) is 24.3 Å². The Morgan fingerprint density at radius 1 is 0.762 bits per heavy atom. The van der Waals surface area contributed by atoms with Crippen LogP contribution in [0.3, 0.4) is 0 Å². The minimum atomic E-state index is -2.49. The Bertz CT molecular complexity index is 450. The molecule has 1 rings (SSSR count). The molecule has 0 unspecified atom stereocenters. The molecule has 0 bridgehead atoms. The Morgan fingerprint density at radius 2 is 1.14 bits per heavy atom. The molecule has 0 fully saturated rings. The second kappa shape index (κ2) is 6.49. The molecule has 0 saturated heterocycles. The van der Waals surface area contributed by atoms with Crippen LogP contribution < -0.4 is 10.6 Å². The molecule has 4 nitrogen and oxygen atoms in total. The molecule has 2 N–H and O–H groups in total. The predicted molar refractivity (Wildman–Crippen MR) is 96.4 cm³/mol. The van der Waals surface area contributed by atoms with E-state index in [-0.39, 0.29) is 0 Å². The Balaban J connectivity index is 3.17. The van der Waals surface area contributed by atoms with Crippen LogP contribution in [0.1, 0.15) is 0 Å². The lowest BCUT2D eigenvalue weighted by Gasteiger charge is -2.38. The zero-order chi connectivity index (χ0) is 16.5. The largest absolute Gasteiger partial charge is 0.488 e. The van der Waals surface area contributed by atoms with Gasteiger partial charge in [-0.25, -0.2) is 0 Å². The van der Waals surface area contributed by atoms with Gasteiger partial charge < -0.3 is 18.3 Å². The molecule has 0 amide bonds. The first-order valence-corrected chi connectivity index (χ1v) is 16.3. The van der Waals surface area contributed by atoms with Crippen LogP contribution in [0, 0.1) is 0 Å². The number of rotatable bonds is 6. The summed E-state index contributed by atoms with van der Waals surface area (Å²) in [5.74, 6) is 0. The van der Waals surface area contributed by atoms with Gasteiger partial charge in [0.2, 0.25) is 0 Å². The fraction of sp³-hybridized carbons (Fsp3) is 0.538. The van der Waals surface area contributed by atoms with Gasteiger partial charge in [-0.05, 0) is 56.5 Å². The van der Waals surface area contributed by atoms with Gasteiger partial charge in [0.05, 0.1) is 0 Å². The van der Waals surface area contributed by atoms with Gasteiger partial charge in [0.15, 0.2) is 16.6 Å². The third kappa shape index (κ3) is 6.19. The lowest BCUT2D eigenvalue weighted by atomic mass is 9.81. The van der Waals surface area contributed by atoms with E-state index < -0.39 is 32.3 Å². The van der Waals surface area contributed by atoms with Crippen LogP contribution in [0.5, 0.6) is 0 Å². The molecule has 0 heterocycles. The average Bonchev–Trinajstić information content (AvgIpc) is 2.23. The summed E-state index contributed by atoms with van der Waals surface area (Å²) in [6.45, 7) is 15.1. The molecular weight excluding hydrogens is 315 g/mol. The monoisotopic (exact) mass is 342 g/mol. The molecule has 21 heavy (non-hydrogen) atoms. The number of benzene rings is 1. The minimum absolute atomic E-state index is 0.483. The third-order valence-electron chi connectivity index (χ3n) is 2.74. The van der Waals surface area contributed by atoms with Crippen molar-refractivity contribution in [3.05, 3.63) is 24.3 Å². The molecule has 0 atom stereocenters. The molecule has 0 spiro atoms. The van der Waals surface area contributed by atoms with Gasteiger partial charge in [0.25, 0.3) is 0 Å². The standard InChI is InChI=1S/C13H27BO4Si3/c1-19(2,3)17-21(7,18-20(4,5)6)13-10-8-12(9-11-13)14(15)16/h8-11,15-16H,1-7H3. The van der Waals surface area contributed by atoms with Gasteiger partial charge in [-0.15, -0.1) is 0 Å². The fourth-order valence-electron chi connectivity index (χ4n) is 2.27. The Labute approximate surface area is 131 Å². The van der Waals surface area contributed by atoms with Gasteiger partial charge in [-0.3, -0.25) is 0 Å². The van der Waals surface area contributed by atoms with Crippen molar-refractivity contribution in [1.82, 2.24) is 0 Å². The summed E-state index contributed by atoms with van der Waals surface area (Å²) in [6, 6.07) is 7.27. The van der Waals surface area contributed by atoms with E-state index >= 15 is 0 Å². The fourth-order valence-corrected chi connectivity index (χ4v) is 13.9. The van der Waals surface area contributed by atoms with Gasteiger partial charge in [-0.1, -0.05) is 24.3 Å². The third-order valence-corrected chi connectivity index (χ3v) is 12.1. The molecule has 0 saturated carbocycles. The summed E-state index contributed by atoms with van der Waals surface area (Å²) < 4.78 is 12.9. The molecule has 1 aromatic rings. The minimum Gasteiger partial charge on any atom is -0.433 e. The normalized spacial score (nSPS) is 13.4. The van der Waals surface area contributed by atoms with Crippen LogP contribution in [0.2, 0.25) is 45.8 Å². The van der Waals surface area contributed by atoms with Crippen LogP contribution in [0.4, 0.5) is 0 Å². The topological polar surface area (TPSA) is 58.9 Å². The van der Waals surface area contributed by atoms with E-state index in [9.17, 15) is 10.0 Å². The quantitative estimate of drug-likeness (QED) is 0.766. The van der Waals surface area contributed by atoms with E-state index in [1.165, 1.54) is 0 Å². The maximum absolute atomic E-state index is 9.21. The summed E-state index contributed by atoms with van der Waals surface area (Å²) in [4.78, 5) is 0. The molecule has 0 aliphatic heterocycles. The highest BCUT2D eigenvalue weighted by Crippen LogP contribution is 2.20. The highest BCUT2D eigenvalue weighted by Gasteiger charge is 2.42. The van der Waals surface area contributed by atoms with Crippen molar-refractivity contribution in [3.63, 3.8) is 0 Å². The summed E-state index contributed by atoms with van der Waals surface area (Å²) in [5.41, 5.74) is 0.483. The molecule has 0 aliphatic carbocycles. The van der Waals surface area contributed by atoms with Crippen molar-refractivity contribution >= 4 is 43.0 Å². The van der Waals surface area contributed by atoms with Crippen molar-refractivity contribution in [3.8, 4) is 0 Å². The number of hydrogen-bond donors (Lipinski definition) is 2. The van der Waals surface area contributed by atoms with Crippen LogP contribution >= 0.6 is 0 Å². The van der Waals surface area contributed by atoms with E-state index in [0.717, 1.165) is 5.19 Å². The van der Waals surface area contributed by atoms with E-state index in [1.54, 1.807) is 12.1 Å². The van der Waals surface area contributed by atoms with Gasteiger partial charge in [0, 0.05) is 0 Å². The summed E-state index contributed by atoms with van der Waals surface area (Å²) in [5, 5.41) is 19.5. The molecule has 0 radical (unpaired) electrons. The zero-order valence-electron chi connectivity index (χ0n) is 14.1. The summed E-state index contributed by atoms with van der Waals surface area (Å²) >= 11 is 0. The highest BCUT2D eigenvalue weighted by atomic mass is 28.5. The molecule has 0 aromatic heterocycles. The van der Waals surface area contributed by atoms with Gasteiger partial charge >= 0.3 is 15.7 Å². The smallest absolute Gasteiger partial charge is 0.433 e. The van der Waals surface area contributed by atoms with Crippen molar-refractivity contribution < 1.29 is 18.3 Å². The molecular formula is C13H27BO4Si3. The van der Waals surface area contributed by atoms with E-state index in [4.69, 9.17) is 8.23 Å². The lowest BCUT2D eigenvalue weighted by Crippen LogP contribution is -2.60. The Hall–Kier alpha value is -0.224. The predicted octanol–water partition coefficient (Wildman–Crippen LogP) is 1.35. The number of hydrogen-bond acceptors (Lipinski definition) is 4. The van der Waals surface area contributed by atoms with Crippen molar-refractivity contribution in [2.45, 2.75) is 45.8 Å². The molecule has 1 aromatic carbocycles. The average molecular weight is 342 g/mol. The zero-order valence-corrected chi connectivity index (χ0v) is 17.1. The first kappa shape index (κ1) is 18.8. The molecule has 0 aliphatic rings. The first-order valence-electron chi connectivity index (χ1n) is 7.19. The summed E-state index contributed by atoms with van der Waals surface area (Å²) in [7, 11) is -7.44.